The third-order valence-corrected chi connectivity index (χ3v) is 2.96. The number of carbonyl (C=O) groups is 1. The first-order valence-corrected chi connectivity index (χ1v) is 5.97. The summed E-state index contributed by atoms with van der Waals surface area (Å²) in [4.78, 5) is 10.9. The molecule has 0 radical (unpaired) electrons. The lowest BCUT2D eigenvalue weighted by Gasteiger charge is -1.96. The fourth-order valence-electron chi connectivity index (χ4n) is 1.26. The minimum Gasteiger partial charge on any atom is -0.303 e. The monoisotopic (exact) mass is 261 g/mol. The van der Waals surface area contributed by atoms with E-state index in [-0.39, 0.29) is 11.5 Å². The van der Waals surface area contributed by atoms with Crippen LogP contribution in [0.25, 0.3) is 0 Å². The van der Waals surface area contributed by atoms with Crippen LogP contribution in [-0.2, 0) is 4.79 Å². The standard InChI is InChI=1S/C12H8FN3OS/c1-2-8-3-4-10(13)9(5-8)6-14-16-12-15-11(17)7-18-12/h1,3-6H,7H2,(H,15,16,17). The van der Waals surface area contributed by atoms with Gasteiger partial charge in [-0.25, -0.2) is 4.39 Å². The molecule has 0 aliphatic carbocycles. The molecule has 1 N–H and O–H groups in total. The Kier molecular flexibility index (Phi) is 3.75. The molecule has 1 aromatic rings. The van der Waals surface area contributed by atoms with E-state index in [4.69, 9.17) is 6.42 Å². The quantitative estimate of drug-likeness (QED) is 0.496. The van der Waals surface area contributed by atoms with Gasteiger partial charge in [0.1, 0.15) is 5.82 Å². The Bertz CT molecular complexity index is 589. The number of amides is 1. The number of nitrogens with zero attached hydrogens (tertiary/aromatic N) is 2. The summed E-state index contributed by atoms with van der Waals surface area (Å²) < 4.78 is 13.4. The lowest BCUT2D eigenvalue weighted by molar-refractivity contribution is -0.116. The Balaban J connectivity index is 2.14. The molecule has 1 aliphatic heterocycles. The molecule has 0 atom stereocenters. The van der Waals surface area contributed by atoms with Crippen LogP contribution in [0.2, 0.25) is 0 Å². The van der Waals surface area contributed by atoms with Gasteiger partial charge in [0.15, 0.2) is 5.17 Å². The Labute approximate surface area is 107 Å². The first-order chi connectivity index (χ1) is 8.69. The van der Waals surface area contributed by atoms with Crippen molar-refractivity contribution >= 4 is 29.1 Å². The SMILES string of the molecule is C#Cc1ccc(F)c(C=NN=C2NC(=O)CS2)c1. The molecule has 4 nitrogen and oxygen atoms in total. The first-order valence-electron chi connectivity index (χ1n) is 4.99. The van der Waals surface area contributed by atoms with Crippen molar-refractivity contribution in [2.45, 2.75) is 0 Å². The van der Waals surface area contributed by atoms with Crippen molar-refractivity contribution in [1.82, 2.24) is 5.32 Å². The van der Waals surface area contributed by atoms with E-state index in [0.29, 0.717) is 16.5 Å². The number of hydrogen-bond acceptors (Lipinski definition) is 4. The van der Waals surface area contributed by atoms with Gasteiger partial charge in [0.25, 0.3) is 0 Å². The van der Waals surface area contributed by atoms with Crippen LogP contribution in [-0.4, -0.2) is 23.0 Å². The van der Waals surface area contributed by atoms with Crippen molar-refractivity contribution in [3.63, 3.8) is 0 Å². The maximum atomic E-state index is 13.4. The molecule has 1 heterocycles. The summed E-state index contributed by atoms with van der Waals surface area (Å²) in [5.74, 6) is 2.19. The van der Waals surface area contributed by atoms with Crippen molar-refractivity contribution < 1.29 is 9.18 Å². The molecule has 1 aliphatic rings. The van der Waals surface area contributed by atoms with Gasteiger partial charge in [-0.05, 0) is 18.2 Å². The average molecular weight is 261 g/mol. The summed E-state index contributed by atoms with van der Waals surface area (Å²) in [6.45, 7) is 0. The van der Waals surface area contributed by atoms with Crippen LogP contribution in [0.3, 0.4) is 0 Å². The van der Waals surface area contributed by atoms with Gasteiger partial charge in [0, 0.05) is 11.1 Å². The summed E-state index contributed by atoms with van der Waals surface area (Å²) in [6.07, 6.45) is 6.48. The van der Waals surface area contributed by atoms with E-state index < -0.39 is 5.82 Å². The third kappa shape index (κ3) is 2.96. The van der Waals surface area contributed by atoms with E-state index in [2.05, 4.69) is 21.4 Å². The lowest BCUT2D eigenvalue weighted by Crippen LogP contribution is -2.19. The van der Waals surface area contributed by atoms with Crippen LogP contribution in [0.1, 0.15) is 11.1 Å². The number of amidine groups is 1. The first kappa shape index (κ1) is 12.3. The van der Waals surface area contributed by atoms with E-state index in [1.165, 1.54) is 36.2 Å². The number of terminal acetylenes is 1. The molecule has 1 aromatic carbocycles. The molecular formula is C12H8FN3OS. The second kappa shape index (κ2) is 5.47. The summed E-state index contributed by atoms with van der Waals surface area (Å²) in [7, 11) is 0. The van der Waals surface area contributed by atoms with Gasteiger partial charge >= 0.3 is 0 Å². The fourth-order valence-corrected chi connectivity index (χ4v) is 1.89. The number of rotatable bonds is 2. The van der Waals surface area contributed by atoms with E-state index in [1.807, 2.05) is 0 Å². The Morgan fingerprint density at radius 3 is 3.06 bits per heavy atom. The maximum Gasteiger partial charge on any atom is 0.236 e. The molecule has 1 amide bonds. The van der Waals surface area contributed by atoms with E-state index in [0.717, 1.165) is 0 Å². The molecule has 6 heteroatoms. The van der Waals surface area contributed by atoms with E-state index in [1.54, 1.807) is 0 Å². The van der Waals surface area contributed by atoms with Gasteiger partial charge in [-0.1, -0.05) is 17.7 Å². The molecule has 1 fully saturated rings. The highest BCUT2D eigenvalue weighted by Crippen LogP contribution is 2.10. The predicted molar refractivity (Wildman–Crippen MR) is 70.0 cm³/mol. The van der Waals surface area contributed by atoms with Gasteiger partial charge in [0.05, 0.1) is 12.0 Å². The minimum absolute atomic E-state index is 0.116. The molecule has 18 heavy (non-hydrogen) atoms. The average Bonchev–Trinajstić information content (AvgIpc) is 2.77. The maximum absolute atomic E-state index is 13.4. The Hall–Kier alpha value is -2.13. The van der Waals surface area contributed by atoms with Crippen LogP contribution < -0.4 is 5.32 Å². The molecule has 0 bridgehead atoms. The highest BCUT2D eigenvalue weighted by Gasteiger charge is 2.15. The predicted octanol–water partition coefficient (Wildman–Crippen LogP) is 1.36. The zero-order chi connectivity index (χ0) is 13.0. The molecule has 2 rings (SSSR count). The number of carbonyl (C=O) groups excluding carboxylic acids is 1. The van der Waals surface area contributed by atoms with E-state index >= 15 is 0 Å². The normalized spacial score (nSPS) is 17.1. The Morgan fingerprint density at radius 1 is 1.56 bits per heavy atom. The molecule has 0 aromatic heterocycles. The Morgan fingerprint density at radius 2 is 2.39 bits per heavy atom. The van der Waals surface area contributed by atoms with Crippen molar-refractivity contribution in [3.8, 4) is 12.3 Å². The van der Waals surface area contributed by atoms with Gasteiger partial charge in [-0.3, -0.25) is 4.79 Å². The third-order valence-electron chi connectivity index (χ3n) is 2.09. The summed E-state index contributed by atoms with van der Waals surface area (Å²) in [6, 6.07) is 4.28. The molecular weight excluding hydrogens is 253 g/mol. The van der Waals surface area contributed by atoms with Gasteiger partial charge in [-0.2, -0.15) is 5.10 Å². The number of nitrogens with one attached hydrogen (secondary N) is 1. The van der Waals surface area contributed by atoms with Crippen LogP contribution in [0.5, 0.6) is 0 Å². The molecule has 0 saturated carbocycles. The van der Waals surface area contributed by atoms with Gasteiger partial charge in [-0.15, -0.1) is 11.5 Å². The van der Waals surface area contributed by atoms with Crippen LogP contribution in [0.4, 0.5) is 4.39 Å². The number of benzene rings is 1. The lowest BCUT2D eigenvalue weighted by atomic mass is 10.1. The summed E-state index contributed by atoms with van der Waals surface area (Å²) >= 11 is 1.25. The van der Waals surface area contributed by atoms with Crippen LogP contribution in [0.15, 0.2) is 28.4 Å². The summed E-state index contributed by atoms with van der Waals surface area (Å²) in [5.41, 5.74) is 0.818. The van der Waals surface area contributed by atoms with E-state index in [9.17, 15) is 9.18 Å². The van der Waals surface area contributed by atoms with Crippen molar-refractivity contribution in [2.75, 3.05) is 5.75 Å². The second-order valence-corrected chi connectivity index (χ2v) is 4.33. The molecule has 1 saturated heterocycles. The topological polar surface area (TPSA) is 53.8 Å². The number of halogens is 1. The zero-order valence-corrected chi connectivity index (χ0v) is 10.00. The summed E-state index contributed by atoms with van der Waals surface area (Å²) in [5, 5.41) is 10.4. The van der Waals surface area contributed by atoms with Crippen LogP contribution >= 0.6 is 11.8 Å². The molecule has 0 unspecified atom stereocenters. The smallest absolute Gasteiger partial charge is 0.236 e. The minimum atomic E-state index is -0.430. The molecule has 90 valence electrons. The van der Waals surface area contributed by atoms with Gasteiger partial charge in [0.2, 0.25) is 5.91 Å². The fraction of sp³-hybridized carbons (Fsp3) is 0.0833. The number of thioether (sulfide) groups is 1. The highest BCUT2D eigenvalue weighted by molar-refractivity contribution is 8.15. The van der Waals surface area contributed by atoms with Crippen LogP contribution in [0, 0.1) is 18.2 Å². The van der Waals surface area contributed by atoms with Crippen molar-refractivity contribution in [1.29, 1.82) is 0 Å². The van der Waals surface area contributed by atoms with Crippen molar-refractivity contribution in [3.05, 3.63) is 35.1 Å². The highest BCUT2D eigenvalue weighted by atomic mass is 32.2. The number of hydrogen-bond donors (Lipinski definition) is 1. The van der Waals surface area contributed by atoms with Gasteiger partial charge < -0.3 is 5.32 Å². The zero-order valence-electron chi connectivity index (χ0n) is 9.18. The second-order valence-electron chi connectivity index (χ2n) is 3.37. The van der Waals surface area contributed by atoms with Crippen molar-refractivity contribution in [2.24, 2.45) is 10.2 Å². The largest absolute Gasteiger partial charge is 0.303 e. The molecule has 0 spiro atoms.